The van der Waals surface area contributed by atoms with Crippen molar-refractivity contribution >= 4 is 17.3 Å². The van der Waals surface area contributed by atoms with Crippen molar-refractivity contribution in [3.05, 3.63) is 33.9 Å². The molecule has 0 spiro atoms. The average Bonchev–Trinajstić information content (AvgIpc) is 2.37. The van der Waals surface area contributed by atoms with E-state index in [2.05, 4.69) is 10.6 Å². The van der Waals surface area contributed by atoms with E-state index in [4.69, 9.17) is 0 Å². The number of halogens is 3. The Kier molecular flexibility index (Phi) is 5.51. The Hall–Kier alpha value is -2.32. The summed E-state index contributed by atoms with van der Waals surface area (Å²) >= 11 is 0. The lowest BCUT2D eigenvalue weighted by atomic mass is 10.1. The number of nitrogens with zero attached hydrogens (tertiary/aromatic N) is 1. The van der Waals surface area contributed by atoms with Crippen LogP contribution in [-0.4, -0.2) is 30.1 Å². The summed E-state index contributed by atoms with van der Waals surface area (Å²) < 4.78 is 36.1. The minimum absolute atomic E-state index is 0.00508. The fraction of sp³-hybridized carbons (Fsp3) is 0.417. The Morgan fingerprint density at radius 3 is 2.57 bits per heavy atom. The zero-order chi connectivity index (χ0) is 16.0. The van der Waals surface area contributed by atoms with Crippen molar-refractivity contribution in [1.29, 1.82) is 0 Å². The summed E-state index contributed by atoms with van der Waals surface area (Å²) in [5.74, 6) is -0.793. The van der Waals surface area contributed by atoms with E-state index < -0.39 is 30.0 Å². The Labute approximate surface area is 118 Å². The summed E-state index contributed by atoms with van der Waals surface area (Å²) in [6.45, 7) is 1.42. The molecular formula is C12H14F3N3O3. The van der Waals surface area contributed by atoms with Gasteiger partial charge in [0.15, 0.2) is 0 Å². The molecule has 0 aliphatic carbocycles. The quantitative estimate of drug-likeness (QED) is 0.625. The molecule has 0 aliphatic rings. The first-order chi connectivity index (χ1) is 9.76. The van der Waals surface area contributed by atoms with E-state index in [0.717, 1.165) is 0 Å². The highest BCUT2D eigenvalue weighted by Gasteiger charge is 2.27. The molecule has 0 saturated carbocycles. The third-order valence-electron chi connectivity index (χ3n) is 2.53. The van der Waals surface area contributed by atoms with Gasteiger partial charge in [-0.15, -0.1) is 0 Å². The van der Waals surface area contributed by atoms with E-state index in [-0.39, 0.29) is 16.9 Å². The number of carbonyl (C=O) groups excluding carboxylic acids is 1. The molecule has 6 nitrogen and oxygen atoms in total. The van der Waals surface area contributed by atoms with Crippen LogP contribution in [0.2, 0.25) is 0 Å². The van der Waals surface area contributed by atoms with E-state index >= 15 is 0 Å². The Balaban J connectivity index is 2.93. The van der Waals surface area contributed by atoms with E-state index in [0.29, 0.717) is 6.54 Å². The van der Waals surface area contributed by atoms with Gasteiger partial charge in [0.2, 0.25) is 0 Å². The number of para-hydroxylation sites is 1. The molecule has 1 rings (SSSR count). The van der Waals surface area contributed by atoms with Crippen LogP contribution in [0.25, 0.3) is 0 Å². The summed E-state index contributed by atoms with van der Waals surface area (Å²) in [6, 6.07) is 3.83. The molecule has 2 N–H and O–H groups in total. The van der Waals surface area contributed by atoms with Gasteiger partial charge in [-0.05, 0) is 13.0 Å². The molecule has 0 fully saturated rings. The molecule has 0 aliphatic heterocycles. The van der Waals surface area contributed by atoms with Crippen LogP contribution < -0.4 is 10.6 Å². The Morgan fingerprint density at radius 2 is 2.05 bits per heavy atom. The lowest BCUT2D eigenvalue weighted by Crippen LogP contribution is -2.28. The van der Waals surface area contributed by atoms with E-state index in [1.165, 1.54) is 18.2 Å². The second-order valence-electron chi connectivity index (χ2n) is 4.11. The van der Waals surface area contributed by atoms with Crippen LogP contribution in [0, 0.1) is 10.1 Å². The second kappa shape index (κ2) is 6.91. The van der Waals surface area contributed by atoms with Crippen LogP contribution in [-0.2, 0) is 0 Å². The summed E-state index contributed by atoms with van der Waals surface area (Å²) in [5, 5.41) is 15.7. The lowest BCUT2D eigenvalue weighted by molar-refractivity contribution is -0.384. The first-order valence-electron chi connectivity index (χ1n) is 6.12. The second-order valence-corrected chi connectivity index (χ2v) is 4.11. The molecule has 1 aromatic rings. The Bertz CT molecular complexity index is 532. The van der Waals surface area contributed by atoms with Crippen LogP contribution in [0.15, 0.2) is 18.2 Å². The number of nitrogens with one attached hydrogen (secondary N) is 2. The third-order valence-corrected chi connectivity index (χ3v) is 2.53. The van der Waals surface area contributed by atoms with Crippen LogP contribution in [0.1, 0.15) is 23.7 Å². The third kappa shape index (κ3) is 4.93. The van der Waals surface area contributed by atoms with Crippen molar-refractivity contribution in [2.45, 2.75) is 19.5 Å². The summed E-state index contributed by atoms with van der Waals surface area (Å²) in [6.07, 6.45) is -5.54. The van der Waals surface area contributed by atoms with Gasteiger partial charge in [0.1, 0.15) is 5.69 Å². The number of carbonyl (C=O) groups is 1. The van der Waals surface area contributed by atoms with Crippen molar-refractivity contribution < 1.29 is 22.9 Å². The minimum Gasteiger partial charge on any atom is -0.379 e. The standard InChI is InChI=1S/C12H14F3N3O3/c1-2-16-10-8(4-3-5-9(10)18(20)21)11(19)17-7-6-12(13,14)15/h3-5,16H,2,6-7H2,1H3,(H,17,19). The molecular weight excluding hydrogens is 291 g/mol. The highest BCUT2D eigenvalue weighted by Crippen LogP contribution is 2.28. The molecule has 1 amide bonds. The normalized spacial score (nSPS) is 11.0. The van der Waals surface area contributed by atoms with Crippen molar-refractivity contribution in [3.63, 3.8) is 0 Å². The van der Waals surface area contributed by atoms with Gasteiger partial charge < -0.3 is 10.6 Å². The largest absolute Gasteiger partial charge is 0.390 e. The average molecular weight is 305 g/mol. The van der Waals surface area contributed by atoms with E-state index in [1.54, 1.807) is 6.92 Å². The number of benzene rings is 1. The van der Waals surface area contributed by atoms with Crippen molar-refractivity contribution in [1.82, 2.24) is 5.32 Å². The number of hydrogen-bond donors (Lipinski definition) is 2. The molecule has 9 heteroatoms. The van der Waals surface area contributed by atoms with Crippen LogP contribution in [0.5, 0.6) is 0 Å². The molecule has 0 unspecified atom stereocenters. The fourth-order valence-corrected chi connectivity index (χ4v) is 1.66. The molecule has 21 heavy (non-hydrogen) atoms. The summed E-state index contributed by atoms with van der Waals surface area (Å²) in [5.41, 5.74) is -0.372. The Morgan fingerprint density at radius 1 is 1.38 bits per heavy atom. The summed E-state index contributed by atoms with van der Waals surface area (Å²) in [7, 11) is 0. The number of nitro groups is 1. The molecule has 116 valence electrons. The van der Waals surface area contributed by atoms with Crippen molar-refractivity contribution in [2.75, 3.05) is 18.4 Å². The number of alkyl halides is 3. The predicted molar refractivity (Wildman–Crippen MR) is 70.3 cm³/mol. The first kappa shape index (κ1) is 16.7. The highest BCUT2D eigenvalue weighted by atomic mass is 19.4. The SMILES string of the molecule is CCNc1c(C(=O)NCCC(F)(F)F)cccc1[N+](=O)[O-]. The number of nitro benzene ring substituents is 1. The monoisotopic (exact) mass is 305 g/mol. The lowest BCUT2D eigenvalue weighted by Gasteiger charge is -2.12. The molecule has 0 aromatic heterocycles. The number of anilines is 1. The highest BCUT2D eigenvalue weighted by molar-refractivity contribution is 6.01. The fourth-order valence-electron chi connectivity index (χ4n) is 1.66. The van der Waals surface area contributed by atoms with Gasteiger partial charge in [0.25, 0.3) is 11.6 Å². The van der Waals surface area contributed by atoms with Gasteiger partial charge >= 0.3 is 6.18 Å². The minimum atomic E-state index is -4.37. The zero-order valence-electron chi connectivity index (χ0n) is 11.2. The number of hydrogen-bond acceptors (Lipinski definition) is 4. The van der Waals surface area contributed by atoms with Crippen LogP contribution in [0.3, 0.4) is 0 Å². The maximum Gasteiger partial charge on any atom is 0.390 e. The van der Waals surface area contributed by atoms with Crippen LogP contribution >= 0.6 is 0 Å². The smallest absolute Gasteiger partial charge is 0.379 e. The summed E-state index contributed by atoms with van der Waals surface area (Å²) in [4.78, 5) is 22.1. The molecule has 1 aromatic carbocycles. The molecule has 0 heterocycles. The maximum atomic E-state index is 12.0. The molecule has 0 radical (unpaired) electrons. The van der Waals surface area contributed by atoms with E-state index in [9.17, 15) is 28.1 Å². The maximum absolute atomic E-state index is 12.0. The molecule has 0 atom stereocenters. The van der Waals surface area contributed by atoms with Gasteiger partial charge in [0, 0.05) is 19.2 Å². The van der Waals surface area contributed by atoms with Gasteiger partial charge in [-0.2, -0.15) is 13.2 Å². The van der Waals surface area contributed by atoms with E-state index in [1.807, 2.05) is 0 Å². The van der Waals surface area contributed by atoms with Crippen molar-refractivity contribution in [3.8, 4) is 0 Å². The van der Waals surface area contributed by atoms with Gasteiger partial charge in [-0.1, -0.05) is 6.07 Å². The predicted octanol–water partition coefficient (Wildman–Crippen LogP) is 2.71. The molecule has 0 saturated heterocycles. The van der Waals surface area contributed by atoms with Crippen LogP contribution in [0.4, 0.5) is 24.5 Å². The van der Waals surface area contributed by atoms with Gasteiger partial charge in [-0.25, -0.2) is 0 Å². The van der Waals surface area contributed by atoms with Gasteiger partial charge in [0.05, 0.1) is 16.9 Å². The zero-order valence-corrected chi connectivity index (χ0v) is 11.2. The first-order valence-corrected chi connectivity index (χ1v) is 6.12. The number of amides is 1. The number of rotatable bonds is 6. The molecule has 0 bridgehead atoms. The topological polar surface area (TPSA) is 84.3 Å². The van der Waals surface area contributed by atoms with Crippen molar-refractivity contribution in [2.24, 2.45) is 0 Å². The van der Waals surface area contributed by atoms with Gasteiger partial charge in [-0.3, -0.25) is 14.9 Å².